The standard InChI is InChI=1S/C42H42N6O3/c1-51-42(50)35-18-13-33(14-19-35)28-47(27-32-9-7-31(26-43)8-10-32)41(49)36-20-21-38-37(25-36)46-39(48(38)24-23-29-5-3-2-4-6-29)22-15-30-11-16-34(17-12-30)40(44)45/h2-14,16-21,25H,15,22-24,26-28,43H2,1H3,(H3,44,45). The number of nitrogens with zero attached hydrogens (tertiary/aromatic N) is 3. The number of aryl methyl sites for hydroxylation is 4. The molecule has 6 aromatic rings. The molecule has 9 heteroatoms. The van der Waals surface area contributed by atoms with Crippen LogP contribution in [-0.2, 0) is 50.2 Å². The summed E-state index contributed by atoms with van der Waals surface area (Å²) in [6.07, 6.45) is 2.32. The van der Waals surface area contributed by atoms with E-state index in [-0.39, 0.29) is 11.7 Å². The highest BCUT2D eigenvalue weighted by Crippen LogP contribution is 2.23. The van der Waals surface area contributed by atoms with E-state index in [4.69, 9.17) is 26.6 Å². The highest BCUT2D eigenvalue weighted by atomic mass is 16.5. The second-order valence-electron chi connectivity index (χ2n) is 12.6. The van der Waals surface area contributed by atoms with Crippen molar-refractivity contribution in [2.24, 2.45) is 11.5 Å². The van der Waals surface area contributed by atoms with Crippen LogP contribution in [0, 0.1) is 5.41 Å². The monoisotopic (exact) mass is 678 g/mol. The summed E-state index contributed by atoms with van der Waals surface area (Å²) in [6.45, 7) is 1.93. The summed E-state index contributed by atoms with van der Waals surface area (Å²) in [7, 11) is 1.36. The van der Waals surface area contributed by atoms with Gasteiger partial charge in [0.2, 0.25) is 0 Å². The van der Waals surface area contributed by atoms with Crippen LogP contribution in [0.5, 0.6) is 0 Å². The first-order chi connectivity index (χ1) is 24.8. The topological polar surface area (TPSA) is 140 Å². The average molecular weight is 679 g/mol. The van der Waals surface area contributed by atoms with Gasteiger partial charge in [-0.1, -0.05) is 91.0 Å². The first-order valence-corrected chi connectivity index (χ1v) is 17.0. The summed E-state index contributed by atoms with van der Waals surface area (Å²) >= 11 is 0. The Hall–Kier alpha value is -6.06. The van der Waals surface area contributed by atoms with Crippen LogP contribution in [0.3, 0.4) is 0 Å². The normalized spacial score (nSPS) is 11.0. The number of hydrogen-bond donors (Lipinski definition) is 3. The maximum Gasteiger partial charge on any atom is 0.337 e. The quantitative estimate of drug-likeness (QED) is 0.0689. The number of rotatable bonds is 14. The van der Waals surface area contributed by atoms with Crippen molar-refractivity contribution in [3.05, 3.63) is 172 Å². The van der Waals surface area contributed by atoms with Crippen LogP contribution in [0.25, 0.3) is 11.0 Å². The van der Waals surface area contributed by atoms with Crippen molar-refractivity contribution in [3.63, 3.8) is 0 Å². The van der Waals surface area contributed by atoms with Crippen molar-refractivity contribution in [1.29, 1.82) is 5.41 Å². The summed E-state index contributed by atoms with van der Waals surface area (Å²) in [6, 6.07) is 39.0. The molecule has 0 bridgehead atoms. The number of nitrogens with two attached hydrogens (primary N) is 2. The number of imidazole rings is 1. The van der Waals surface area contributed by atoms with Crippen LogP contribution in [-0.4, -0.2) is 39.3 Å². The molecule has 0 fully saturated rings. The van der Waals surface area contributed by atoms with Gasteiger partial charge in [-0.25, -0.2) is 9.78 Å². The number of carbonyl (C=O) groups excluding carboxylic acids is 2. The number of ether oxygens (including phenoxy) is 1. The maximum absolute atomic E-state index is 14.3. The zero-order valence-electron chi connectivity index (χ0n) is 28.7. The molecular formula is C42H42N6O3. The fourth-order valence-electron chi connectivity index (χ4n) is 6.21. The smallest absolute Gasteiger partial charge is 0.337 e. The Balaban J connectivity index is 1.30. The molecule has 0 saturated carbocycles. The predicted molar refractivity (Wildman–Crippen MR) is 200 cm³/mol. The lowest BCUT2D eigenvalue weighted by molar-refractivity contribution is 0.0600. The van der Waals surface area contributed by atoms with Gasteiger partial charge in [-0.15, -0.1) is 0 Å². The molecular weight excluding hydrogens is 637 g/mol. The number of fused-ring (bicyclic) bond motifs is 1. The Labute approximate surface area is 298 Å². The SMILES string of the molecule is COC(=O)c1ccc(CN(Cc2ccc(CN)cc2)C(=O)c2ccc3c(c2)nc(CCc2ccc(C(=N)N)cc2)n3CCc2ccccc2)cc1. The molecule has 0 radical (unpaired) electrons. The van der Waals surface area contributed by atoms with E-state index < -0.39 is 5.97 Å². The Kier molecular flexibility index (Phi) is 11.0. The lowest BCUT2D eigenvalue weighted by Crippen LogP contribution is -2.30. The molecule has 5 aromatic carbocycles. The van der Waals surface area contributed by atoms with Gasteiger partial charge in [0, 0.05) is 43.7 Å². The first kappa shape index (κ1) is 34.8. The number of amidine groups is 1. The van der Waals surface area contributed by atoms with Gasteiger partial charge in [-0.3, -0.25) is 10.2 Å². The number of amides is 1. The molecule has 1 aromatic heterocycles. The minimum atomic E-state index is -0.406. The molecule has 0 saturated heterocycles. The number of carbonyl (C=O) groups is 2. The summed E-state index contributed by atoms with van der Waals surface area (Å²) in [5.41, 5.74) is 20.2. The van der Waals surface area contributed by atoms with Gasteiger partial charge in [-0.05, 0) is 71.0 Å². The molecule has 0 aliphatic heterocycles. The van der Waals surface area contributed by atoms with Crippen molar-refractivity contribution in [3.8, 4) is 0 Å². The van der Waals surface area contributed by atoms with Crippen LogP contribution in [0.1, 0.15) is 59.9 Å². The number of benzene rings is 5. The third-order valence-electron chi connectivity index (χ3n) is 9.11. The van der Waals surface area contributed by atoms with E-state index in [1.165, 1.54) is 12.7 Å². The van der Waals surface area contributed by atoms with Crippen LogP contribution in [0.15, 0.2) is 121 Å². The van der Waals surface area contributed by atoms with Gasteiger partial charge < -0.3 is 25.7 Å². The number of hydrogen-bond acceptors (Lipinski definition) is 6. The van der Waals surface area contributed by atoms with Crippen molar-refractivity contribution in [2.45, 2.75) is 45.4 Å². The summed E-state index contributed by atoms with van der Waals surface area (Å²) in [5, 5.41) is 7.70. The second-order valence-corrected chi connectivity index (χ2v) is 12.6. The molecule has 0 spiro atoms. The van der Waals surface area contributed by atoms with Crippen LogP contribution >= 0.6 is 0 Å². The van der Waals surface area contributed by atoms with E-state index in [2.05, 4.69) is 28.8 Å². The highest BCUT2D eigenvalue weighted by Gasteiger charge is 2.20. The molecule has 0 unspecified atom stereocenters. The second kappa shape index (κ2) is 16.1. The summed E-state index contributed by atoms with van der Waals surface area (Å²) < 4.78 is 7.12. The van der Waals surface area contributed by atoms with E-state index in [1.54, 1.807) is 12.1 Å². The van der Waals surface area contributed by atoms with Gasteiger partial charge in [0.25, 0.3) is 5.91 Å². The van der Waals surface area contributed by atoms with E-state index in [1.807, 2.05) is 89.8 Å². The zero-order valence-corrected chi connectivity index (χ0v) is 28.7. The van der Waals surface area contributed by atoms with Crippen LogP contribution < -0.4 is 11.5 Å². The minimum absolute atomic E-state index is 0.0501. The number of aromatic nitrogens is 2. The number of nitrogen functional groups attached to an aromatic ring is 1. The van der Waals surface area contributed by atoms with Gasteiger partial charge in [0.1, 0.15) is 11.7 Å². The largest absolute Gasteiger partial charge is 0.465 e. The first-order valence-electron chi connectivity index (χ1n) is 17.0. The Morgan fingerprint density at radius 2 is 1.27 bits per heavy atom. The lowest BCUT2D eigenvalue weighted by atomic mass is 10.1. The molecule has 1 heterocycles. The van der Waals surface area contributed by atoms with Gasteiger partial charge >= 0.3 is 5.97 Å². The lowest BCUT2D eigenvalue weighted by Gasteiger charge is -2.23. The number of methoxy groups -OCH3 is 1. The number of nitrogens with one attached hydrogen (secondary N) is 1. The van der Waals surface area contributed by atoms with Crippen molar-refractivity contribution in [1.82, 2.24) is 14.5 Å². The molecule has 51 heavy (non-hydrogen) atoms. The molecule has 0 aliphatic carbocycles. The van der Waals surface area contributed by atoms with Gasteiger partial charge in [0.05, 0.1) is 23.7 Å². The third-order valence-corrected chi connectivity index (χ3v) is 9.11. The minimum Gasteiger partial charge on any atom is -0.465 e. The fourth-order valence-corrected chi connectivity index (χ4v) is 6.21. The molecule has 0 atom stereocenters. The molecule has 9 nitrogen and oxygen atoms in total. The molecule has 5 N–H and O–H groups in total. The Bertz CT molecular complexity index is 2120. The molecule has 258 valence electrons. The van der Waals surface area contributed by atoms with Gasteiger partial charge in [0.15, 0.2) is 0 Å². The van der Waals surface area contributed by atoms with Crippen molar-refractivity contribution >= 4 is 28.7 Å². The van der Waals surface area contributed by atoms with Crippen LogP contribution in [0.4, 0.5) is 0 Å². The maximum atomic E-state index is 14.3. The fraction of sp³-hybridized carbons (Fsp3) is 0.190. The molecule has 6 rings (SSSR count). The van der Waals surface area contributed by atoms with E-state index >= 15 is 0 Å². The average Bonchev–Trinajstić information content (AvgIpc) is 3.52. The third kappa shape index (κ3) is 8.57. The van der Waals surface area contributed by atoms with E-state index in [0.717, 1.165) is 58.5 Å². The summed E-state index contributed by atoms with van der Waals surface area (Å²) in [5.74, 6) is 0.469. The Morgan fingerprint density at radius 3 is 1.90 bits per heavy atom. The zero-order chi connectivity index (χ0) is 35.7. The predicted octanol–water partition coefficient (Wildman–Crippen LogP) is 6.44. The highest BCUT2D eigenvalue weighted by molar-refractivity contribution is 5.97. The van der Waals surface area contributed by atoms with Crippen molar-refractivity contribution in [2.75, 3.05) is 7.11 Å². The van der Waals surface area contributed by atoms with Crippen LogP contribution in [0.2, 0.25) is 0 Å². The van der Waals surface area contributed by atoms with Crippen molar-refractivity contribution < 1.29 is 14.3 Å². The number of esters is 1. The Morgan fingerprint density at radius 1 is 0.706 bits per heavy atom. The molecule has 1 amide bonds. The molecule has 0 aliphatic rings. The van der Waals surface area contributed by atoms with Gasteiger partial charge in [-0.2, -0.15) is 0 Å². The summed E-state index contributed by atoms with van der Waals surface area (Å²) in [4.78, 5) is 33.2. The van der Waals surface area contributed by atoms with E-state index in [9.17, 15) is 9.59 Å². The van der Waals surface area contributed by atoms with E-state index in [0.29, 0.717) is 42.7 Å².